The van der Waals surface area contributed by atoms with E-state index < -0.39 is 15.8 Å². The third-order valence-electron chi connectivity index (χ3n) is 4.14. The molecule has 1 saturated heterocycles. The van der Waals surface area contributed by atoms with Gasteiger partial charge in [-0.3, -0.25) is 4.72 Å². The molecule has 1 heterocycles. The number of nitrogens with zero attached hydrogens (tertiary/aromatic N) is 1. The number of sulfonamides is 1. The van der Waals surface area contributed by atoms with Crippen LogP contribution < -0.4 is 9.62 Å². The van der Waals surface area contributed by atoms with Crippen LogP contribution in [0.1, 0.15) is 13.8 Å². The van der Waals surface area contributed by atoms with Crippen molar-refractivity contribution in [2.45, 2.75) is 31.0 Å². The third kappa shape index (κ3) is 4.06. The molecule has 2 aromatic carbocycles. The van der Waals surface area contributed by atoms with E-state index >= 15 is 0 Å². The number of hydrogen-bond donors (Lipinski definition) is 2. The van der Waals surface area contributed by atoms with Crippen molar-refractivity contribution in [3.63, 3.8) is 0 Å². The normalized spacial score (nSPS) is 20.8. The summed E-state index contributed by atoms with van der Waals surface area (Å²) in [7, 11) is -3.94. The van der Waals surface area contributed by atoms with Gasteiger partial charge in [0, 0.05) is 24.5 Å². The first-order chi connectivity index (χ1) is 12.3. The van der Waals surface area contributed by atoms with Crippen LogP contribution in [0.25, 0.3) is 0 Å². The third-order valence-corrected chi connectivity index (χ3v) is 5.86. The number of halogens is 1. The van der Waals surface area contributed by atoms with Crippen molar-refractivity contribution in [3.05, 3.63) is 47.5 Å². The van der Waals surface area contributed by atoms with E-state index in [0.717, 1.165) is 18.8 Å². The lowest BCUT2D eigenvalue weighted by atomic mass is 10.2. The fraction of sp³-hybridized carbons (Fsp3) is 0.333. The van der Waals surface area contributed by atoms with Crippen LogP contribution in [0, 0.1) is 0 Å². The van der Waals surface area contributed by atoms with Crippen LogP contribution in [0.15, 0.2) is 47.4 Å². The highest BCUT2D eigenvalue weighted by Gasteiger charge is 2.23. The molecule has 2 atom stereocenters. The Morgan fingerprint density at radius 3 is 2.35 bits per heavy atom. The van der Waals surface area contributed by atoms with Gasteiger partial charge in [0.25, 0.3) is 10.0 Å². The Kier molecular flexibility index (Phi) is 5.32. The molecule has 2 aromatic rings. The van der Waals surface area contributed by atoms with Crippen LogP contribution in [0.2, 0.25) is 5.02 Å². The molecule has 3 rings (SSSR count). The van der Waals surface area contributed by atoms with Gasteiger partial charge in [-0.05, 0) is 50.2 Å². The molecule has 0 saturated carbocycles. The SMILES string of the molecule is CC1CN(c2ccc(NS(=O)(=O)c3cccc(Cl)c3O)cc2)CC(C)O1. The van der Waals surface area contributed by atoms with Crippen LogP contribution in [-0.2, 0) is 14.8 Å². The van der Waals surface area contributed by atoms with Gasteiger partial charge in [0.05, 0.1) is 17.2 Å². The summed E-state index contributed by atoms with van der Waals surface area (Å²) in [6.07, 6.45) is 0.283. The van der Waals surface area contributed by atoms with Gasteiger partial charge in [0.2, 0.25) is 0 Å². The summed E-state index contributed by atoms with van der Waals surface area (Å²) in [5.74, 6) is -0.463. The predicted molar refractivity (Wildman–Crippen MR) is 103 cm³/mol. The van der Waals surface area contributed by atoms with Crippen LogP contribution in [-0.4, -0.2) is 38.8 Å². The average Bonchev–Trinajstić information content (AvgIpc) is 2.56. The maximum absolute atomic E-state index is 12.5. The highest BCUT2D eigenvalue weighted by molar-refractivity contribution is 7.92. The van der Waals surface area contributed by atoms with Gasteiger partial charge in [-0.15, -0.1) is 0 Å². The van der Waals surface area contributed by atoms with Crippen molar-refractivity contribution in [2.75, 3.05) is 22.7 Å². The average molecular weight is 397 g/mol. The molecule has 6 nitrogen and oxygen atoms in total. The quantitative estimate of drug-likeness (QED) is 0.827. The molecule has 0 spiro atoms. The van der Waals surface area contributed by atoms with Crippen molar-refractivity contribution in [2.24, 2.45) is 0 Å². The van der Waals surface area contributed by atoms with Crippen LogP contribution in [0.5, 0.6) is 5.75 Å². The number of morpholine rings is 1. The second kappa shape index (κ2) is 7.34. The Morgan fingerprint density at radius 1 is 1.12 bits per heavy atom. The van der Waals surface area contributed by atoms with E-state index in [2.05, 4.69) is 9.62 Å². The minimum absolute atomic E-state index is 0.0150. The Bertz CT molecular complexity index is 877. The van der Waals surface area contributed by atoms with Crippen LogP contribution >= 0.6 is 11.6 Å². The number of anilines is 2. The van der Waals surface area contributed by atoms with Gasteiger partial charge in [0.1, 0.15) is 4.90 Å². The smallest absolute Gasteiger partial charge is 0.265 e. The van der Waals surface area contributed by atoms with E-state index in [1.165, 1.54) is 18.2 Å². The molecule has 0 radical (unpaired) electrons. The van der Waals surface area contributed by atoms with Crippen molar-refractivity contribution < 1.29 is 18.3 Å². The van der Waals surface area contributed by atoms with Crippen molar-refractivity contribution in [1.29, 1.82) is 0 Å². The molecule has 0 aromatic heterocycles. The molecule has 0 bridgehead atoms. The van der Waals surface area contributed by atoms with Gasteiger partial charge in [-0.1, -0.05) is 17.7 Å². The molecule has 8 heteroatoms. The second-order valence-electron chi connectivity index (χ2n) is 6.40. The molecule has 26 heavy (non-hydrogen) atoms. The van der Waals surface area contributed by atoms with Crippen LogP contribution in [0.3, 0.4) is 0 Å². The number of hydrogen-bond acceptors (Lipinski definition) is 5. The minimum Gasteiger partial charge on any atom is -0.505 e. The molecule has 2 unspecified atom stereocenters. The number of rotatable bonds is 4. The molecule has 1 aliphatic heterocycles. The van der Waals surface area contributed by atoms with Gasteiger partial charge >= 0.3 is 0 Å². The number of nitrogens with one attached hydrogen (secondary N) is 1. The molecule has 1 aliphatic rings. The summed E-state index contributed by atoms with van der Waals surface area (Å²) in [6.45, 7) is 5.63. The van der Waals surface area contributed by atoms with E-state index in [1.54, 1.807) is 12.1 Å². The van der Waals surface area contributed by atoms with Crippen molar-refractivity contribution in [3.8, 4) is 5.75 Å². The Hall–Kier alpha value is -1.96. The van der Waals surface area contributed by atoms with Crippen molar-refractivity contribution in [1.82, 2.24) is 0 Å². The lowest BCUT2D eigenvalue weighted by Crippen LogP contribution is -2.45. The van der Waals surface area contributed by atoms with E-state index in [-0.39, 0.29) is 22.1 Å². The summed E-state index contributed by atoms with van der Waals surface area (Å²) in [5.41, 5.74) is 1.41. The van der Waals surface area contributed by atoms with Gasteiger partial charge < -0.3 is 14.7 Å². The summed E-state index contributed by atoms with van der Waals surface area (Å²) in [5, 5.41) is 9.89. The molecule has 1 fully saturated rings. The monoisotopic (exact) mass is 396 g/mol. The van der Waals surface area contributed by atoms with E-state index in [0.29, 0.717) is 5.69 Å². The Labute approximate surface area is 158 Å². The first kappa shape index (κ1) is 18.8. The number of ether oxygens (including phenoxy) is 1. The maximum Gasteiger partial charge on any atom is 0.265 e. The van der Waals surface area contributed by atoms with E-state index in [4.69, 9.17) is 16.3 Å². The first-order valence-corrected chi connectivity index (χ1v) is 10.1. The molecule has 0 aliphatic carbocycles. The topological polar surface area (TPSA) is 78.9 Å². The Morgan fingerprint density at radius 2 is 1.73 bits per heavy atom. The van der Waals surface area contributed by atoms with Crippen molar-refractivity contribution >= 4 is 33.0 Å². The number of phenols is 1. The lowest BCUT2D eigenvalue weighted by molar-refractivity contribution is -0.00521. The fourth-order valence-corrected chi connectivity index (χ4v) is 4.46. The van der Waals surface area contributed by atoms with Gasteiger partial charge in [0.15, 0.2) is 5.75 Å². The zero-order chi connectivity index (χ0) is 18.9. The first-order valence-electron chi connectivity index (χ1n) is 8.27. The van der Waals surface area contributed by atoms with E-state index in [9.17, 15) is 13.5 Å². The lowest BCUT2D eigenvalue weighted by Gasteiger charge is -2.36. The standard InChI is InChI=1S/C18H21ClN2O4S/c1-12-10-21(11-13(2)25-12)15-8-6-14(7-9-15)20-26(23,24)17-5-3-4-16(19)18(17)22/h3-9,12-13,20,22H,10-11H2,1-2H3. The molecule has 2 N–H and O–H groups in total. The summed E-state index contributed by atoms with van der Waals surface area (Å²) in [6, 6.07) is 11.3. The van der Waals surface area contributed by atoms with E-state index in [1.807, 2.05) is 26.0 Å². The summed E-state index contributed by atoms with van der Waals surface area (Å²) in [4.78, 5) is 1.95. The highest BCUT2D eigenvalue weighted by Crippen LogP contribution is 2.32. The fourth-order valence-electron chi connectivity index (χ4n) is 3.05. The number of phenolic OH excluding ortho intramolecular Hbond substituents is 1. The number of benzene rings is 2. The summed E-state index contributed by atoms with van der Waals surface area (Å²) < 4.78 is 33.2. The highest BCUT2D eigenvalue weighted by atomic mass is 35.5. The Balaban J connectivity index is 1.78. The number of para-hydroxylation sites is 1. The molecule has 140 valence electrons. The van der Waals surface area contributed by atoms with Crippen LogP contribution in [0.4, 0.5) is 11.4 Å². The zero-order valence-corrected chi connectivity index (χ0v) is 16.1. The van der Waals surface area contributed by atoms with Gasteiger partial charge in [-0.2, -0.15) is 0 Å². The number of aromatic hydroxyl groups is 1. The predicted octanol–water partition coefficient (Wildman–Crippen LogP) is 3.46. The summed E-state index contributed by atoms with van der Waals surface area (Å²) >= 11 is 5.80. The maximum atomic E-state index is 12.5. The largest absolute Gasteiger partial charge is 0.505 e. The van der Waals surface area contributed by atoms with Gasteiger partial charge in [-0.25, -0.2) is 8.42 Å². The second-order valence-corrected chi connectivity index (χ2v) is 8.46. The zero-order valence-electron chi connectivity index (χ0n) is 14.5. The molecule has 0 amide bonds. The molecular weight excluding hydrogens is 376 g/mol. The minimum atomic E-state index is -3.94. The molecular formula is C18H21ClN2O4S.